The Kier molecular flexibility index (Phi) is 4.44. The lowest BCUT2D eigenvalue weighted by atomic mass is 10.2. The third kappa shape index (κ3) is 2.85. The van der Waals surface area contributed by atoms with Crippen LogP contribution in [-0.4, -0.2) is 33.1 Å². The van der Waals surface area contributed by atoms with Gasteiger partial charge in [0.2, 0.25) is 0 Å². The Balaban J connectivity index is 2.38. The van der Waals surface area contributed by atoms with Crippen LogP contribution in [0.3, 0.4) is 0 Å². The van der Waals surface area contributed by atoms with Gasteiger partial charge in [-0.2, -0.15) is 0 Å². The number of hydrogen-bond donors (Lipinski definition) is 0. The van der Waals surface area contributed by atoms with Gasteiger partial charge in [-0.25, -0.2) is 0 Å². The molecule has 0 amide bonds. The highest BCUT2D eigenvalue weighted by atomic mass is 32.2. The molecule has 0 saturated carbocycles. The maximum absolute atomic E-state index is 11.5. The van der Waals surface area contributed by atoms with Crippen molar-refractivity contribution in [3.8, 4) is 5.69 Å². The van der Waals surface area contributed by atoms with E-state index in [1.165, 1.54) is 18.9 Å². The van der Waals surface area contributed by atoms with Crippen LogP contribution in [0.2, 0.25) is 0 Å². The molecule has 1 aromatic carbocycles. The fourth-order valence-corrected chi connectivity index (χ4v) is 2.82. The second-order valence-electron chi connectivity index (χ2n) is 4.43. The van der Waals surface area contributed by atoms with Crippen LogP contribution in [-0.2, 0) is 9.53 Å². The summed E-state index contributed by atoms with van der Waals surface area (Å²) in [5, 5.41) is 8.63. The minimum absolute atomic E-state index is 0.271. The highest BCUT2D eigenvalue weighted by Crippen LogP contribution is 2.27. The zero-order valence-corrected chi connectivity index (χ0v) is 12.8. The van der Waals surface area contributed by atoms with E-state index in [9.17, 15) is 4.79 Å². The summed E-state index contributed by atoms with van der Waals surface area (Å²) in [7, 11) is 1.39. The summed E-state index contributed by atoms with van der Waals surface area (Å²) in [5.74, 6) is 0.519. The largest absolute Gasteiger partial charge is 0.468 e. The van der Waals surface area contributed by atoms with Crippen molar-refractivity contribution in [1.29, 1.82) is 0 Å². The summed E-state index contributed by atoms with van der Waals surface area (Å²) in [4.78, 5) is 11.5. The molecule has 0 bridgehead atoms. The molecule has 0 saturated heterocycles. The van der Waals surface area contributed by atoms with Crippen molar-refractivity contribution in [2.45, 2.75) is 31.2 Å². The van der Waals surface area contributed by atoms with E-state index in [0.29, 0.717) is 5.16 Å². The molecule has 0 aliphatic rings. The number of nitrogens with zero attached hydrogens (tertiary/aromatic N) is 3. The maximum Gasteiger partial charge on any atom is 0.318 e. The van der Waals surface area contributed by atoms with Crippen LogP contribution in [0.5, 0.6) is 0 Å². The van der Waals surface area contributed by atoms with Crippen LogP contribution in [0.4, 0.5) is 0 Å². The number of aryl methyl sites for hydroxylation is 2. The second kappa shape index (κ2) is 6.09. The van der Waals surface area contributed by atoms with E-state index in [1.807, 2.05) is 42.7 Å². The molecule has 0 unspecified atom stereocenters. The van der Waals surface area contributed by atoms with Crippen LogP contribution in [0.15, 0.2) is 29.4 Å². The number of thioether (sulfide) groups is 1. The normalized spacial score (nSPS) is 12.2. The van der Waals surface area contributed by atoms with E-state index in [2.05, 4.69) is 10.2 Å². The molecule has 1 aromatic heterocycles. The van der Waals surface area contributed by atoms with E-state index in [-0.39, 0.29) is 11.2 Å². The summed E-state index contributed by atoms with van der Waals surface area (Å²) in [6.07, 6.45) is 0. The Morgan fingerprint density at radius 1 is 1.30 bits per heavy atom. The van der Waals surface area contributed by atoms with Gasteiger partial charge in [0.05, 0.1) is 12.8 Å². The molecule has 0 aliphatic heterocycles. The molecule has 1 heterocycles. The molecule has 106 valence electrons. The van der Waals surface area contributed by atoms with Crippen LogP contribution in [0.25, 0.3) is 5.69 Å². The highest BCUT2D eigenvalue weighted by molar-refractivity contribution is 8.00. The third-order valence-electron chi connectivity index (χ3n) is 2.97. The maximum atomic E-state index is 11.5. The first-order valence-corrected chi connectivity index (χ1v) is 7.15. The van der Waals surface area contributed by atoms with Crippen molar-refractivity contribution in [2.24, 2.45) is 0 Å². The monoisotopic (exact) mass is 291 g/mol. The van der Waals surface area contributed by atoms with Crippen molar-refractivity contribution in [1.82, 2.24) is 14.8 Å². The Morgan fingerprint density at radius 3 is 2.65 bits per heavy atom. The Bertz CT molecular complexity index is 625. The van der Waals surface area contributed by atoms with Gasteiger partial charge in [0.15, 0.2) is 5.16 Å². The van der Waals surface area contributed by atoms with Gasteiger partial charge >= 0.3 is 5.97 Å². The summed E-state index contributed by atoms with van der Waals surface area (Å²) < 4.78 is 6.70. The average Bonchev–Trinajstić information content (AvgIpc) is 2.79. The number of carbonyl (C=O) groups excluding carboxylic acids is 1. The van der Waals surface area contributed by atoms with Crippen molar-refractivity contribution in [3.05, 3.63) is 35.7 Å². The van der Waals surface area contributed by atoms with E-state index in [4.69, 9.17) is 4.74 Å². The number of aromatic nitrogens is 3. The van der Waals surface area contributed by atoms with Gasteiger partial charge in [-0.15, -0.1) is 10.2 Å². The summed E-state index contributed by atoms with van der Waals surface area (Å²) in [6, 6.07) is 8.01. The van der Waals surface area contributed by atoms with E-state index in [1.54, 1.807) is 6.92 Å². The van der Waals surface area contributed by atoms with Crippen LogP contribution in [0.1, 0.15) is 18.3 Å². The van der Waals surface area contributed by atoms with Gasteiger partial charge in [-0.05, 0) is 32.4 Å². The number of methoxy groups -OCH3 is 1. The lowest BCUT2D eigenvalue weighted by Crippen LogP contribution is -2.15. The van der Waals surface area contributed by atoms with E-state index < -0.39 is 0 Å². The number of para-hydroxylation sites is 1. The van der Waals surface area contributed by atoms with Gasteiger partial charge in [0.25, 0.3) is 0 Å². The molecule has 0 N–H and O–H groups in total. The number of hydrogen-bond acceptors (Lipinski definition) is 5. The molecular formula is C14H17N3O2S. The number of rotatable bonds is 4. The summed E-state index contributed by atoms with van der Waals surface area (Å²) in [5.41, 5.74) is 2.15. The van der Waals surface area contributed by atoms with Crippen molar-refractivity contribution in [3.63, 3.8) is 0 Å². The number of esters is 1. The SMILES string of the molecule is COC(=O)[C@@H](C)Sc1nnc(C)n1-c1ccccc1C. The molecule has 2 aromatic rings. The van der Waals surface area contributed by atoms with Gasteiger partial charge < -0.3 is 4.74 Å². The van der Waals surface area contributed by atoms with Crippen molar-refractivity contribution >= 4 is 17.7 Å². The van der Waals surface area contributed by atoms with Crippen LogP contribution in [0, 0.1) is 13.8 Å². The lowest BCUT2D eigenvalue weighted by Gasteiger charge is -2.13. The Morgan fingerprint density at radius 2 is 2.00 bits per heavy atom. The third-order valence-corrected chi connectivity index (χ3v) is 3.99. The van der Waals surface area contributed by atoms with Crippen LogP contribution >= 0.6 is 11.8 Å². The molecule has 0 fully saturated rings. The number of carbonyl (C=O) groups is 1. The number of ether oxygens (including phenoxy) is 1. The smallest absolute Gasteiger partial charge is 0.318 e. The van der Waals surface area contributed by atoms with Crippen molar-refractivity contribution in [2.75, 3.05) is 7.11 Å². The number of benzene rings is 1. The van der Waals surface area contributed by atoms with Crippen LogP contribution < -0.4 is 0 Å². The van der Waals surface area contributed by atoms with Gasteiger partial charge in [0, 0.05) is 0 Å². The molecule has 0 spiro atoms. The zero-order valence-electron chi connectivity index (χ0n) is 12.0. The average molecular weight is 291 g/mol. The molecule has 6 heteroatoms. The highest BCUT2D eigenvalue weighted by Gasteiger charge is 2.20. The predicted octanol–water partition coefficient (Wildman–Crippen LogP) is 2.54. The van der Waals surface area contributed by atoms with E-state index in [0.717, 1.165) is 17.1 Å². The quantitative estimate of drug-likeness (QED) is 0.640. The Hall–Kier alpha value is -1.82. The molecule has 20 heavy (non-hydrogen) atoms. The second-order valence-corrected chi connectivity index (χ2v) is 5.74. The fraction of sp³-hybridized carbons (Fsp3) is 0.357. The molecule has 0 radical (unpaired) electrons. The van der Waals surface area contributed by atoms with Gasteiger partial charge in [0.1, 0.15) is 11.1 Å². The van der Waals surface area contributed by atoms with E-state index >= 15 is 0 Å². The minimum Gasteiger partial charge on any atom is -0.468 e. The summed E-state index contributed by atoms with van der Waals surface area (Å²) in [6.45, 7) is 5.72. The molecule has 2 rings (SSSR count). The Labute approximate surface area is 122 Å². The minimum atomic E-state index is -0.327. The first-order chi connectivity index (χ1) is 9.54. The van der Waals surface area contributed by atoms with Gasteiger partial charge in [-0.3, -0.25) is 9.36 Å². The molecular weight excluding hydrogens is 274 g/mol. The standard InChI is InChI=1S/C14H17N3O2S/c1-9-7-5-6-8-12(9)17-11(3)15-16-14(17)20-10(2)13(18)19-4/h5-8,10H,1-4H3/t10-/m1/s1. The lowest BCUT2D eigenvalue weighted by molar-refractivity contribution is -0.139. The predicted molar refractivity (Wildman–Crippen MR) is 78.2 cm³/mol. The molecule has 1 atom stereocenters. The van der Waals surface area contributed by atoms with Gasteiger partial charge in [-0.1, -0.05) is 30.0 Å². The summed E-state index contributed by atoms with van der Waals surface area (Å²) >= 11 is 1.34. The zero-order chi connectivity index (χ0) is 14.7. The first kappa shape index (κ1) is 14.6. The molecule has 0 aliphatic carbocycles. The fourth-order valence-electron chi connectivity index (χ4n) is 1.88. The first-order valence-electron chi connectivity index (χ1n) is 6.27. The topological polar surface area (TPSA) is 57.0 Å². The van der Waals surface area contributed by atoms with Crippen molar-refractivity contribution < 1.29 is 9.53 Å². The molecule has 5 nitrogen and oxygen atoms in total.